The Balaban J connectivity index is 2.27. The summed E-state index contributed by atoms with van der Waals surface area (Å²) in [5.74, 6) is 2.26. The molecule has 0 aromatic heterocycles. The van der Waals surface area contributed by atoms with Crippen LogP contribution in [0.25, 0.3) is 0 Å². The Kier molecular flexibility index (Phi) is 7.74. The molecule has 96 valence electrons. The minimum atomic E-state index is 0.655. The van der Waals surface area contributed by atoms with E-state index in [0.29, 0.717) is 6.04 Å². The van der Waals surface area contributed by atoms with Gasteiger partial charge in [-0.1, -0.05) is 44.0 Å². The molecule has 1 aromatic carbocycles. The lowest BCUT2D eigenvalue weighted by Gasteiger charge is -2.16. The van der Waals surface area contributed by atoms with Gasteiger partial charge in [0.25, 0.3) is 0 Å². The van der Waals surface area contributed by atoms with Crippen molar-refractivity contribution in [2.75, 3.05) is 12.3 Å². The maximum atomic E-state index is 5.86. The quantitative estimate of drug-likeness (QED) is 0.754. The molecule has 1 N–H and O–H groups in total. The normalized spacial score (nSPS) is 12.6. The van der Waals surface area contributed by atoms with E-state index in [2.05, 4.69) is 31.3 Å². The summed E-state index contributed by atoms with van der Waals surface area (Å²) in [5.41, 5.74) is 1.35. The van der Waals surface area contributed by atoms with Crippen molar-refractivity contribution >= 4 is 23.4 Å². The minimum absolute atomic E-state index is 0.655. The molecule has 0 heterocycles. The molecular weight excluding hydrogens is 250 g/mol. The molecule has 1 unspecified atom stereocenters. The highest BCUT2D eigenvalue weighted by Crippen LogP contribution is 2.17. The molecule has 0 fully saturated rings. The minimum Gasteiger partial charge on any atom is -0.313 e. The van der Waals surface area contributed by atoms with Crippen molar-refractivity contribution in [3.63, 3.8) is 0 Å². The summed E-state index contributed by atoms with van der Waals surface area (Å²) in [6.45, 7) is 5.48. The first-order valence-corrected chi connectivity index (χ1v) is 7.85. The summed E-state index contributed by atoms with van der Waals surface area (Å²) < 4.78 is 0. The van der Waals surface area contributed by atoms with Gasteiger partial charge in [-0.05, 0) is 30.7 Å². The molecule has 0 aliphatic heterocycles. The molecule has 0 amide bonds. The molecule has 0 saturated carbocycles. The lowest BCUT2D eigenvalue weighted by Crippen LogP contribution is -2.30. The van der Waals surface area contributed by atoms with Crippen LogP contribution in [0.3, 0.4) is 0 Å². The number of benzene rings is 1. The van der Waals surface area contributed by atoms with Crippen LogP contribution in [0, 0.1) is 0 Å². The highest BCUT2D eigenvalue weighted by Gasteiger charge is 2.05. The number of rotatable bonds is 8. The summed E-state index contributed by atoms with van der Waals surface area (Å²) >= 11 is 7.86. The average Bonchev–Trinajstić information content (AvgIpc) is 2.32. The Labute approximate surface area is 114 Å². The molecule has 0 bridgehead atoms. The molecule has 1 nitrogen and oxygen atoms in total. The highest BCUT2D eigenvalue weighted by molar-refractivity contribution is 7.98. The monoisotopic (exact) mass is 271 g/mol. The standard InChI is InChI=1S/C14H22ClNS/c1-3-5-14(16-4-2)11-17-10-12-6-8-13(15)9-7-12/h6-9,14,16H,3-5,10-11H2,1-2H3. The number of nitrogens with one attached hydrogen (secondary N) is 1. The van der Waals surface area contributed by atoms with Gasteiger partial charge in [-0.3, -0.25) is 0 Å². The van der Waals surface area contributed by atoms with Gasteiger partial charge in [0, 0.05) is 22.6 Å². The molecule has 0 radical (unpaired) electrons. The van der Waals surface area contributed by atoms with Crippen LogP contribution < -0.4 is 5.32 Å². The van der Waals surface area contributed by atoms with Crippen molar-refractivity contribution in [3.8, 4) is 0 Å². The summed E-state index contributed by atoms with van der Waals surface area (Å²) in [5, 5.41) is 4.35. The van der Waals surface area contributed by atoms with E-state index in [1.165, 1.54) is 24.2 Å². The van der Waals surface area contributed by atoms with Gasteiger partial charge in [-0.2, -0.15) is 11.8 Å². The molecule has 0 spiro atoms. The second-order valence-corrected chi connectivity index (χ2v) is 5.65. The third-order valence-electron chi connectivity index (χ3n) is 2.63. The first kappa shape index (κ1) is 14.9. The maximum absolute atomic E-state index is 5.86. The second kappa shape index (κ2) is 8.84. The molecule has 1 atom stereocenters. The van der Waals surface area contributed by atoms with E-state index in [4.69, 9.17) is 11.6 Å². The van der Waals surface area contributed by atoms with E-state index in [-0.39, 0.29) is 0 Å². The molecule has 0 aliphatic rings. The number of halogens is 1. The summed E-state index contributed by atoms with van der Waals surface area (Å²) in [6.07, 6.45) is 2.51. The Morgan fingerprint density at radius 3 is 2.53 bits per heavy atom. The molecule has 0 aliphatic carbocycles. The second-order valence-electron chi connectivity index (χ2n) is 4.18. The van der Waals surface area contributed by atoms with E-state index in [9.17, 15) is 0 Å². The zero-order valence-corrected chi connectivity index (χ0v) is 12.3. The first-order chi connectivity index (χ1) is 8.26. The predicted molar refractivity (Wildman–Crippen MR) is 80.0 cm³/mol. The van der Waals surface area contributed by atoms with E-state index in [1.807, 2.05) is 23.9 Å². The lowest BCUT2D eigenvalue weighted by atomic mass is 10.2. The zero-order valence-electron chi connectivity index (χ0n) is 10.7. The van der Waals surface area contributed by atoms with Gasteiger partial charge in [0.15, 0.2) is 0 Å². The van der Waals surface area contributed by atoms with E-state index >= 15 is 0 Å². The predicted octanol–water partition coefficient (Wildman–Crippen LogP) is 4.35. The van der Waals surface area contributed by atoms with Crippen LogP contribution in [-0.2, 0) is 5.75 Å². The summed E-state index contributed by atoms with van der Waals surface area (Å²) in [6, 6.07) is 8.80. The fourth-order valence-electron chi connectivity index (χ4n) is 1.78. The third-order valence-corrected chi connectivity index (χ3v) is 4.06. The summed E-state index contributed by atoms with van der Waals surface area (Å²) in [7, 11) is 0. The highest BCUT2D eigenvalue weighted by atomic mass is 35.5. The van der Waals surface area contributed by atoms with Gasteiger partial charge in [0.05, 0.1) is 0 Å². The van der Waals surface area contributed by atoms with Gasteiger partial charge >= 0.3 is 0 Å². The van der Waals surface area contributed by atoms with Crippen molar-refractivity contribution in [1.29, 1.82) is 0 Å². The molecule has 3 heteroatoms. The largest absolute Gasteiger partial charge is 0.313 e. The van der Waals surface area contributed by atoms with E-state index in [0.717, 1.165) is 17.3 Å². The van der Waals surface area contributed by atoms with Gasteiger partial charge in [0.1, 0.15) is 0 Å². The maximum Gasteiger partial charge on any atom is 0.0406 e. The van der Waals surface area contributed by atoms with Gasteiger partial charge in [0.2, 0.25) is 0 Å². The number of hydrogen-bond acceptors (Lipinski definition) is 2. The topological polar surface area (TPSA) is 12.0 Å². The fourth-order valence-corrected chi connectivity index (χ4v) is 3.02. The van der Waals surface area contributed by atoms with E-state index < -0.39 is 0 Å². The van der Waals surface area contributed by atoms with Crippen LogP contribution in [0.2, 0.25) is 5.02 Å². The lowest BCUT2D eigenvalue weighted by molar-refractivity contribution is 0.531. The Morgan fingerprint density at radius 1 is 1.24 bits per heavy atom. The fraction of sp³-hybridized carbons (Fsp3) is 0.571. The van der Waals surface area contributed by atoms with Crippen LogP contribution in [0.1, 0.15) is 32.3 Å². The average molecular weight is 272 g/mol. The van der Waals surface area contributed by atoms with Crippen LogP contribution >= 0.6 is 23.4 Å². The number of hydrogen-bond donors (Lipinski definition) is 1. The van der Waals surface area contributed by atoms with Crippen LogP contribution in [0.5, 0.6) is 0 Å². The van der Waals surface area contributed by atoms with Crippen molar-refractivity contribution in [1.82, 2.24) is 5.32 Å². The Morgan fingerprint density at radius 2 is 1.94 bits per heavy atom. The molecular formula is C14H22ClNS. The zero-order chi connectivity index (χ0) is 12.5. The molecule has 0 saturated heterocycles. The van der Waals surface area contributed by atoms with Gasteiger partial charge in [-0.25, -0.2) is 0 Å². The summed E-state index contributed by atoms with van der Waals surface area (Å²) in [4.78, 5) is 0. The third kappa shape index (κ3) is 6.35. The Bertz CT molecular complexity index is 294. The molecule has 17 heavy (non-hydrogen) atoms. The van der Waals surface area contributed by atoms with Crippen molar-refractivity contribution in [3.05, 3.63) is 34.9 Å². The number of thioether (sulfide) groups is 1. The van der Waals surface area contributed by atoms with E-state index in [1.54, 1.807) is 0 Å². The smallest absolute Gasteiger partial charge is 0.0406 e. The van der Waals surface area contributed by atoms with Crippen LogP contribution in [-0.4, -0.2) is 18.3 Å². The first-order valence-electron chi connectivity index (χ1n) is 6.31. The van der Waals surface area contributed by atoms with Gasteiger partial charge in [-0.15, -0.1) is 0 Å². The van der Waals surface area contributed by atoms with Crippen molar-refractivity contribution in [2.45, 2.75) is 38.5 Å². The van der Waals surface area contributed by atoms with Crippen molar-refractivity contribution in [2.24, 2.45) is 0 Å². The Hall–Kier alpha value is -0.180. The van der Waals surface area contributed by atoms with Crippen LogP contribution in [0.4, 0.5) is 0 Å². The SMILES string of the molecule is CCCC(CSCc1ccc(Cl)cc1)NCC. The molecule has 1 aromatic rings. The van der Waals surface area contributed by atoms with Crippen molar-refractivity contribution < 1.29 is 0 Å². The molecule has 1 rings (SSSR count). The van der Waals surface area contributed by atoms with Crippen LogP contribution in [0.15, 0.2) is 24.3 Å². The van der Waals surface area contributed by atoms with Gasteiger partial charge < -0.3 is 5.32 Å².